The molecule has 1 N–H and O–H groups in total. The van der Waals surface area contributed by atoms with Gasteiger partial charge in [-0.1, -0.05) is 13.0 Å². The minimum Gasteiger partial charge on any atom is -0.493 e. The van der Waals surface area contributed by atoms with Gasteiger partial charge in [-0.15, -0.1) is 0 Å². The Bertz CT molecular complexity index is 434. The predicted octanol–water partition coefficient (Wildman–Crippen LogP) is 2.57. The molecule has 0 saturated carbocycles. The summed E-state index contributed by atoms with van der Waals surface area (Å²) in [6, 6.07) is 4.56. The van der Waals surface area contributed by atoms with Crippen LogP contribution in [0.1, 0.15) is 31.2 Å². The van der Waals surface area contributed by atoms with Gasteiger partial charge in [-0.05, 0) is 25.5 Å². The summed E-state index contributed by atoms with van der Waals surface area (Å²) in [5.74, 6) is 2.67. The molecule has 4 heteroatoms. The number of ether oxygens (including phenoxy) is 3. The average Bonchev–Trinajstić information content (AvgIpc) is 2.93. The first-order valence-corrected chi connectivity index (χ1v) is 6.79. The van der Waals surface area contributed by atoms with Crippen molar-refractivity contribution in [2.45, 2.75) is 31.7 Å². The van der Waals surface area contributed by atoms with Crippen LogP contribution in [-0.2, 0) is 0 Å². The maximum Gasteiger partial charge on any atom is 0.203 e. The van der Waals surface area contributed by atoms with Crippen molar-refractivity contribution in [3.05, 3.63) is 17.7 Å². The number of hydrogen-bond donors (Lipinski definition) is 1. The normalized spacial score (nSPS) is 22.3. The van der Waals surface area contributed by atoms with Crippen molar-refractivity contribution in [2.75, 3.05) is 27.9 Å². The molecule has 0 aromatic heterocycles. The van der Waals surface area contributed by atoms with Gasteiger partial charge in [0.15, 0.2) is 11.5 Å². The van der Waals surface area contributed by atoms with Crippen molar-refractivity contribution < 1.29 is 14.2 Å². The molecule has 0 bridgehead atoms. The second-order valence-corrected chi connectivity index (χ2v) is 4.79. The Morgan fingerprint density at radius 3 is 2.42 bits per heavy atom. The molecule has 2 atom stereocenters. The van der Waals surface area contributed by atoms with Crippen molar-refractivity contribution in [1.29, 1.82) is 0 Å². The average molecular weight is 265 g/mol. The van der Waals surface area contributed by atoms with E-state index in [4.69, 9.17) is 14.2 Å². The van der Waals surface area contributed by atoms with Gasteiger partial charge in [-0.3, -0.25) is 0 Å². The molecule has 1 fully saturated rings. The van der Waals surface area contributed by atoms with Gasteiger partial charge in [0.25, 0.3) is 0 Å². The summed E-state index contributed by atoms with van der Waals surface area (Å²) in [6.07, 6.45) is 2.24. The van der Waals surface area contributed by atoms with E-state index >= 15 is 0 Å². The molecule has 1 heterocycles. The third-order valence-corrected chi connectivity index (χ3v) is 3.92. The lowest BCUT2D eigenvalue weighted by molar-refractivity contribution is 0.319. The Kier molecular flexibility index (Phi) is 4.53. The molecule has 1 aromatic rings. The zero-order valence-corrected chi connectivity index (χ0v) is 12.2. The lowest BCUT2D eigenvalue weighted by Crippen LogP contribution is -2.25. The molecule has 1 aromatic carbocycles. The SMILES string of the molecule is CCC1NCCC1c1ccc(OC)c(OC)c1OC. The van der Waals surface area contributed by atoms with E-state index in [2.05, 4.69) is 18.3 Å². The van der Waals surface area contributed by atoms with Crippen LogP contribution in [-0.4, -0.2) is 33.9 Å². The lowest BCUT2D eigenvalue weighted by atomic mass is 9.89. The second kappa shape index (κ2) is 6.15. The van der Waals surface area contributed by atoms with Crippen LogP contribution in [0.15, 0.2) is 12.1 Å². The topological polar surface area (TPSA) is 39.7 Å². The third-order valence-electron chi connectivity index (χ3n) is 3.92. The van der Waals surface area contributed by atoms with Crippen LogP contribution in [0.25, 0.3) is 0 Å². The van der Waals surface area contributed by atoms with Gasteiger partial charge in [-0.25, -0.2) is 0 Å². The summed E-state index contributed by atoms with van der Waals surface area (Å²) in [7, 11) is 4.97. The number of benzene rings is 1. The van der Waals surface area contributed by atoms with Crippen molar-refractivity contribution in [1.82, 2.24) is 5.32 Å². The van der Waals surface area contributed by atoms with Crippen molar-refractivity contribution in [2.24, 2.45) is 0 Å². The van der Waals surface area contributed by atoms with Gasteiger partial charge < -0.3 is 19.5 Å². The molecular formula is C15H23NO3. The molecule has 0 amide bonds. The largest absolute Gasteiger partial charge is 0.493 e. The molecule has 1 aliphatic heterocycles. The van der Waals surface area contributed by atoms with Gasteiger partial charge in [0, 0.05) is 17.5 Å². The quantitative estimate of drug-likeness (QED) is 0.888. The fourth-order valence-corrected chi connectivity index (χ4v) is 2.99. The highest BCUT2D eigenvalue weighted by Gasteiger charge is 2.31. The number of hydrogen-bond acceptors (Lipinski definition) is 4. The van der Waals surface area contributed by atoms with Crippen molar-refractivity contribution in [3.8, 4) is 17.2 Å². The molecule has 2 rings (SSSR count). The van der Waals surface area contributed by atoms with E-state index in [-0.39, 0.29) is 0 Å². The van der Waals surface area contributed by atoms with Gasteiger partial charge in [0.1, 0.15) is 0 Å². The maximum absolute atomic E-state index is 5.58. The van der Waals surface area contributed by atoms with E-state index < -0.39 is 0 Å². The van der Waals surface area contributed by atoms with Crippen LogP contribution in [0, 0.1) is 0 Å². The fraction of sp³-hybridized carbons (Fsp3) is 0.600. The van der Waals surface area contributed by atoms with Crippen LogP contribution in [0.5, 0.6) is 17.2 Å². The van der Waals surface area contributed by atoms with Gasteiger partial charge in [0.05, 0.1) is 21.3 Å². The minimum atomic E-state index is 0.472. The molecule has 19 heavy (non-hydrogen) atoms. The van der Waals surface area contributed by atoms with Crippen LogP contribution in [0.4, 0.5) is 0 Å². The van der Waals surface area contributed by atoms with E-state index in [1.54, 1.807) is 21.3 Å². The zero-order valence-electron chi connectivity index (χ0n) is 12.2. The lowest BCUT2D eigenvalue weighted by Gasteiger charge is -2.23. The number of rotatable bonds is 5. The first kappa shape index (κ1) is 14.0. The molecule has 106 valence electrons. The highest BCUT2D eigenvalue weighted by atomic mass is 16.5. The van der Waals surface area contributed by atoms with Gasteiger partial charge >= 0.3 is 0 Å². The number of methoxy groups -OCH3 is 3. The summed E-state index contributed by atoms with van der Waals surface area (Å²) in [5.41, 5.74) is 1.21. The van der Waals surface area contributed by atoms with Crippen LogP contribution in [0.2, 0.25) is 0 Å². The Morgan fingerprint density at radius 2 is 1.84 bits per heavy atom. The van der Waals surface area contributed by atoms with Crippen molar-refractivity contribution in [3.63, 3.8) is 0 Å². The maximum atomic E-state index is 5.58. The summed E-state index contributed by atoms with van der Waals surface area (Å²) in [4.78, 5) is 0. The van der Waals surface area contributed by atoms with E-state index in [1.807, 2.05) is 6.07 Å². The fourth-order valence-electron chi connectivity index (χ4n) is 2.99. The zero-order chi connectivity index (χ0) is 13.8. The summed E-state index contributed by atoms with van der Waals surface area (Å²) >= 11 is 0. The number of nitrogens with one attached hydrogen (secondary N) is 1. The summed E-state index contributed by atoms with van der Waals surface area (Å²) in [6.45, 7) is 3.27. The summed E-state index contributed by atoms with van der Waals surface area (Å²) in [5, 5.41) is 3.54. The molecule has 1 saturated heterocycles. The van der Waals surface area contributed by atoms with Crippen molar-refractivity contribution >= 4 is 0 Å². The molecule has 4 nitrogen and oxygen atoms in total. The predicted molar refractivity (Wildman–Crippen MR) is 75.5 cm³/mol. The van der Waals surface area contributed by atoms with E-state index in [0.29, 0.717) is 23.5 Å². The Morgan fingerprint density at radius 1 is 1.11 bits per heavy atom. The highest BCUT2D eigenvalue weighted by molar-refractivity contribution is 5.57. The van der Waals surface area contributed by atoms with E-state index in [9.17, 15) is 0 Å². The monoisotopic (exact) mass is 265 g/mol. The van der Waals surface area contributed by atoms with Gasteiger partial charge in [-0.2, -0.15) is 0 Å². The molecule has 0 aliphatic carbocycles. The highest BCUT2D eigenvalue weighted by Crippen LogP contribution is 2.45. The smallest absolute Gasteiger partial charge is 0.203 e. The minimum absolute atomic E-state index is 0.472. The van der Waals surface area contributed by atoms with Crippen LogP contribution in [0.3, 0.4) is 0 Å². The first-order valence-electron chi connectivity index (χ1n) is 6.79. The second-order valence-electron chi connectivity index (χ2n) is 4.79. The Hall–Kier alpha value is -1.42. The Labute approximate surface area is 115 Å². The summed E-state index contributed by atoms with van der Waals surface area (Å²) < 4.78 is 16.4. The standard InChI is InChI=1S/C15H23NO3/c1-5-12-10(8-9-16-12)11-6-7-13(17-2)15(19-4)14(11)18-3/h6-7,10,12,16H,5,8-9H2,1-4H3. The van der Waals surface area contributed by atoms with Crippen LogP contribution < -0.4 is 19.5 Å². The van der Waals surface area contributed by atoms with Crippen LogP contribution >= 0.6 is 0 Å². The molecule has 0 spiro atoms. The molecule has 2 unspecified atom stereocenters. The van der Waals surface area contributed by atoms with Gasteiger partial charge in [0.2, 0.25) is 5.75 Å². The molecule has 0 radical (unpaired) electrons. The Balaban J connectivity index is 2.45. The first-order chi connectivity index (χ1) is 9.26. The molecular weight excluding hydrogens is 242 g/mol. The third kappa shape index (κ3) is 2.50. The molecule has 1 aliphatic rings. The van der Waals surface area contributed by atoms with E-state index in [1.165, 1.54) is 5.56 Å². The van der Waals surface area contributed by atoms with E-state index in [0.717, 1.165) is 25.1 Å².